The number of hydrogen-bond acceptors (Lipinski definition) is 4. The second-order valence-corrected chi connectivity index (χ2v) is 10.8. The summed E-state index contributed by atoms with van der Waals surface area (Å²) in [6, 6.07) is 14.0. The van der Waals surface area contributed by atoms with Crippen LogP contribution in [0.1, 0.15) is 39.0 Å². The average molecular weight is 467 g/mol. The van der Waals surface area contributed by atoms with Gasteiger partial charge in [-0.05, 0) is 67.8 Å². The van der Waals surface area contributed by atoms with Gasteiger partial charge >= 0.3 is 0 Å². The molecule has 1 atom stereocenters. The van der Waals surface area contributed by atoms with E-state index in [0.29, 0.717) is 29.4 Å². The van der Waals surface area contributed by atoms with Gasteiger partial charge in [-0.3, -0.25) is 4.79 Å². The summed E-state index contributed by atoms with van der Waals surface area (Å²) in [6.07, 6.45) is 4.07. The third-order valence-corrected chi connectivity index (χ3v) is 8.43. The summed E-state index contributed by atoms with van der Waals surface area (Å²) in [5.74, 6) is 0.543. The van der Waals surface area contributed by atoms with Crippen LogP contribution in [0.25, 0.3) is 0 Å². The van der Waals surface area contributed by atoms with Crippen LogP contribution < -0.4 is 5.32 Å². The van der Waals surface area contributed by atoms with Crippen molar-refractivity contribution in [2.45, 2.75) is 54.9 Å². The summed E-state index contributed by atoms with van der Waals surface area (Å²) in [6.45, 7) is 2.60. The first-order chi connectivity index (χ1) is 14.4. The van der Waals surface area contributed by atoms with E-state index in [1.54, 1.807) is 40.3 Å². The highest BCUT2D eigenvalue weighted by atomic mass is 35.5. The fraction of sp³-hybridized carbons (Fsp3) is 0.409. The van der Waals surface area contributed by atoms with Crippen molar-refractivity contribution < 1.29 is 13.2 Å². The molecule has 1 unspecified atom stereocenters. The molecule has 0 aromatic heterocycles. The number of hydrogen-bond donors (Lipinski definition) is 1. The second kappa shape index (κ2) is 10.7. The van der Waals surface area contributed by atoms with E-state index in [-0.39, 0.29) is 16.8 Å². The van der Waals surface area contributed by atoms with Gasteiger partial charge in [-0.15, -0.1) is 11.8 Å². The number of nitrogens with one attached hydrogen (secondary N) is 1. The van der Waals surface area contributed by atoms with Crippen molar-refractivity contribution in [2.75, 3.05) is 17.6 Å². The Morgan fingerprint density at radius 3 is 2.50 bits per heavy atom. The minimum absolute atomic E-state index is 0.0706. The number of rotatable bonds is 8. The monoisotopic (exact) mass is 466 g/mol. The van der Waals surface area contributed by atoms with Gasteiger partial charge in [0.15, 0.2) is 0 Å². The fourth-order valence-corrected chi connectivity index (χ4v) is 6.30. The molecule has 1 heterocycles. The zero-order valence-electron chi connectivity index (χ0n) is 17.0. The van der Waals surface area contributed by atoms with E-state index in [4.69, 9.17) is 11.6 Å². The number of sulfonamides is 1. The summed E-state index contributed by atoms with van der Waals surface area (Å²) in [5.41, 5.74) is 0.598. The first-order valence-corrected chi connectivity index (χ1v) is 13.0. The van der Waals surface area contributed by atoms with E-state index in [1.807, 2.05) is 31.2 Å². The molecule has 162 valence electrons. The van der Waals surface area contributed by atoms with Crippen molar-refractivity contribution in [1.29, 1.82) is 0 Å². The molecule has 0 aliphatic carbocycles. The first-order valence-electron chi connectivity index (χ1n) is 10.2. The van der Waals surface area contributed by atoms with Crippen molar-refractivity contribution >= 4 is 45.0 Å². The first kappa shape index (κ1) is 23.1. The number of thioether (sulfide) groups is 1. The largest absolute Gasteiger partial charge is 0.326 e. The molecule has 1 fully saturated rings. The van der Waals surface area contributed by atoms with E-state index >= 15 is 0 Å². The van der Waals surface area contributed by atoms with Gasteiger partial charge < -0.3 is 5.32 Å². The number of benzene rings is 2. The number of piperidine rings is 1. The lowest BCUT2D eigenvalue weighted by Gasteiger charge is -2.34. The van der Waals surface area contributed by atoms with Crippen LogP contribution in [0, 0.1) is 0 Å². The molecule has 3 rings (SSSR count). The van der Waals surface area contributed by atoms with Crippen LogP contribution in [0.2, 0.25) is 5.02 Å². The van der Waals surface area contributed by atoms with Crippen molar-refractivity contribution in [3.8, 4) is 0 Å². The molecule has 8 heteroatoms. The Morgan fingerprint density at radius 1 is 1.13 bits per heavy atom. The van der Waals surface area contributed by atoms with Crippen molar-refractivity contribution in [2.24, 2.45) is 0 Å². The third-order valence-electron chi connectivity index (χ3n) is 5.20. The lowest BCUT2D eigenvalue weighted by molar-refractivity contribution is -0.115. The topological polar surface area (TPSA) is 66.5 Å². The minimum atomic E-state index is -3.51. The summed E-state index contributed by atoms with van der Waals surface area (Å²) >= 11 is 7.46. The Bertz CT molecular complexity index is 947. The van der Waals surface area contributed by atoms with Gasteiger partial charge in [0.05, 0.1) is 4.90 Å². The molecular formula is C22H27ClN2O3S2. The van der Waals surface area contributed by atoms with Crippen LogP contribution in [0.3, 0.4) is 0 Å². The molecule has 1 aliphatic heterocycles. The second-order valence-electron chi connectivity index (χ2n) is 7.30. The van der Waals surface area contributed by atoms with Crippen LogP contribution in [-0.4, -0.2) is 37.0 Å². The normalized spacial score (nSPS) is 17.6. The maximum Gasteiger partial charge on any atom is 0.243 e. The van der Waals surface area contributed by atoms with E-state index in [1.165, 1.54) is 0 Å². The van der Waals surface area contributed by atoms with E-state index in [2.05, 4.69) is 5.32 Å². The highest BCUT2D eigenvalue weighted by molar-refractivity contribution is 7.99. The number of anilines is 1. The summed E-state index contributed by atoms with van der Waals surface area (Å²) < 4.78 is 27.7. The Hall–Kier alpha value is -1.54. The average Bonchev–Trinajstić information content (AvgIpc) is 2.75. The van der Waals surface area contributed by atoms with Gasteiger partial charge in [0.2, 0.25) is 15.9 Å². The zero-order chi connectivity index (χ0) is 21.6. The quantitative estimate of drug-likeness (QED) is 0.528. The van der Waals surface area contributed by atoms with Gasteiger partial charge in [-0.25, -0.2) is 8.42 Å². The highest BCUT2D eigenvalue weighted by Crippen LogP contribution is 2.27. The molecule has 0 spiro atoms. The molecule has 1 amide bonds. The number of carbonyl (C=O) groups is 1. The van der Waals surface area contributed by atoms with Gasteiger partial charge in [0.1, 0.15) is 0 Å². The van der Waals surface area contributed by atoms with E-state index in [0.717, 1.165) is 30.6 Å². The minimum Gasteiger partial charge on any atom is -0.326 e. The molecule has 0 radical (unpaired) electrons. The Kier molecular flexibility index (Phi) is 8.22. The maximum absolute atomic E-state index is 13.0. The molecule has 2 aromatic carbocycles. The predicted molar refractivity (Wildman–Crippen MR) is 124 cm³/mol. The predicted octanol–water partition coefficient (Wildman–Crippen LogP) is 5.41. The summed E-state index contributed by atoms with van der Waals surface area (Å²) in [7, 11) is -3.51. The third kappa shape index (κ3) is 6.00. The van der Waals surface area contributed by atoms with Gasteiger partial charge in [-0.2, -0.15) is 4.31 Å². The lowest BCUT2D eigenvalue weighted by atomic mass is 10.0. The van der Waals surface area contributed by atoms with E-state index < -0.39 is 10.0 Å². The van der Waals surface area contributed by atoms with Crippen molar-refractivity contribution in [3.63, 3.8) is 0 Å². The van der Waals surface area contributed by atoms with Gasteiger partial charge in [0, 0.05) is 40.4 Å². The molecule has 2 aromatic rings. The van der Waals surface area contributed by atoms with Crippen LogP contribution in [0.15, 0.2) is 58.3 Å². The summed E-state index contributed by atoms with van der Waals surface area (Å²) in [4.78, 5) is 13.5. The molecule has 30 heavy (non-hydrogen) atoms. The van der Waals surface area contributed by atoms with Crippen LogP contribution in [0.5, 0.6) is 0 Å². The molecule has 1 N–H and O–H groups in total. The van der Waals surface area contributed by atoms with Crippen molar-refractivity contribution in [3.05, 3.63) is 53.6 Å². The van der Waals surface area contributed by atoms with Gasteiger partial charge in [-0.1, -0.05) is 24.9 Å². The summed E-state index contributed by atoms with van der Waals surface area (Å²) in [5, 5.41) is 3.52. The Balaban J connectivity index is 1.54. The zero-order valence-corrected chi connectivity index (χ0v) is 19.4. The smallest absolute Gasteiger partial charge is 0.243 e. The molecule has 5 nitrogen and oxygen atoms in total. The standard InChI is InChI=1S/C22H27ClN2O3S2/c1-2-19-5-3-4-15-25(19)30(27,28)21-12-8-18(9-13-21)24-22(26)14-16-29-20-10-6-17(23)7-11-20/h6-13,19H,2-5,14-16H2,1H3,(H,24,26). The molecular weight excluding hydrogens is 440 g/mol. The Morgan fingerprint density at radius 2 is 1.83 bits per heavy atom. The van der Waals surface area contributed by atoms with Crippen molar-refractivity contribution in [1.82, 2.24) is 4.31 Å². The number of amides is 1. The number of halogens is 1. The molecule has 0 saturated carbocycles. The fourth-order valence-electron chi connectivity index (χ4n) is 3.56. The van der Waals surface area contributed by atoms with Crippen LogP contribution in [-0.2, 0) is 14.8 Å². The maximum atomic E-state index is 13.0. The molecule has 1 aliphatic rings. The lowest BCUT2D eigenvalue weighted by Crippen LogP contribution is -2.43. The van der Waals surface area contributed by atoms with E-state index in [9.17, 15) is 13.2 Å². The van der Waals surface area contributed by atoms with Crippen LogP contribution in [0.4, 0.5) is 5.69 Å². The number of nitrogens with zero attached hydrogens (tertiary/aromatic N) is 1. The molecule has 1 saturated heterocycles. The van der Waals surface area contributed by atoms with Crippen LogP contribution >= 0.6 is 23.4 Å². The Labute approximate surface area is 188 Å². The highest BCUT2D eigenvalue weighted by Gasteiger charge is 2.32. The molecule has 0 bridgehead atoms. The van der Waals surface area contributed by atoms with Gasteiger partial charge in [0.25, 0.3) is 0 Å². The SMILES string of the molecule is CCC1CCCCN1S(=O)(=O)c1ccc(NC(=O)CCSc2ccc(Cl)cc2)cc1. The number of carbonyl (C=O) groups excluding carboxylic acids is 1.